The van der Waals surface area contributed by atoms with E-state index in [0.29, 0.717) is 30.2 Å². The van der Waals surface area contributed by atoms with E-state index in [9.17, 15) is 4.79 Å². The lowest BCUT2D eigenvalue weighted by molar-refractivity contribution is 0.0771. The van der Waals surface area contributed by atoms with Gasteiger partial charge in [0.25, 0.3) is 5.91 Å². The number of hydrogen-bond donors (Lipinski definition) is 1. The Bertz CT molecular complexity index is 469. The maximum absolute atomic E-state index is 12.2. The molecule has 0 saturated carbocycles. The van der Waals surface area contributed by atoms with Crippen molar-refractivity contribution in [3.05, 3.63) is 35.9 Å². The number of carbonyl (C=O) groups is 1. The molecule has 4 heteroatoms. The van der Waals surface area contributed by atoms with Gasteiger partial charge in [-0.1, -0.05) is 12.2 Å². The van der Waals surface area contributed by atoms with Crippen LogP contribution in [-0.2, 0) is 0 Å². The number of nitrogen functional groups attached to an aromatic ring is 1. The first-order valence-corrected chi connectivity index (χ1v) is 6.19. The van der Waals surface area contributed by atoms with Gasteiger partial charge in [0.2, 0.25) is 0 Å². The Hall–Kier alpha value is -1.97. The second-order valence-corrected chi connectivity index (χ2v) is 4.20. The summed E-state index contributed by atoms with van der Waals surface area (Å²) in [5, 5.41) is 0. The van der Waals surface area contributed by atoms with Gasteiger partial charge in [-0.3, -0.25) is 4.79 Å². The van der Waals surface area contributed by atoms with Crippen molar-refractivity contribution in [1.82, 2.24) is 4.90 Å². The van der Waals surface area contributed by atoms with Crippen LogP contribution in [0.25, 0.3) is 0 Å². The van der Waals surface area contributed by atoms with Gasteiger partial charge < -0.3 is 15.4 Å². The van der Waals surface area contributed by atoms with Gasteiger partial charge in [0.15, 0.2) is 0 Å². The summed E-state index contributed by atoms with van der Waals surface area (Å²) in [6, 6.07) is 5.21. The highest BCUT2D eigenvalue weighted by Gasteiger charge is 2.16. The molecule has 1 aromatic rings. The largest absolute Gasteiger partial charge is 0.492 e. The monoisotopic (exact) mass is 246 g/mol. The number of carbonyl (C=O) groups excluding carboxylic acids is 1. The molecule has 96 valence electrons. The Kier molecular flexibility index (Phi) is 3.87. The molecular weight excluding hydrogens is 228 g/mol. The number of nitrogens with two attached hydrogens (primary N) is 1. The smallest absolute Gasteiger partial charge is 0.254 e. The zero-order chi connectivity index (χ0) is 13.0. The summed E-state index contributed by atoms with van der Waals surface area (Å²) in [5.74, 6) is 0.654. The van der Waals surface area contributed by atoms with Crippen LogP contribution < -0.4 is 10.5 Å². The number of anilines is 1. The van der Waals surface area contributed by atoms with E-state index in [0.717, 1.165) is 13.0 Å². The normalized spacial score (nSPS) is 14.6. The zero-order valence-corrected chi connectivity index (χ0v) is 10.6. The second-order valence-electron chi connectivity index (χ2n) is 4.20. The van der Waals surface area contributed by atoms with E-state index in [1.807, 2.05) is 17.9 Å². The quantitative estimate of drug-likeness (QED) is 0.656. The molecule has 1 aromatic carbocycles. The molecule has 4 nitrogen and oxygen atoms in total. The van der Waals surface area contributed by atoms with E-state index in [1.165, 1.54) is 0 Å². The van der Waals surface area contributed by atoms with Crippen molar-refractivity contribution in [3.8, 4) is 5.75 Å². The number of rotatable bonds is 3. The van der Waals surface area contributed by atoms with Crippen LogP contribution in [-0.4, -0.2) is 30.5 Å². The highest BCUT2D eigenvalue weighted by molar-refractivity contribution is 5.95. The van der Waals surface area contributed by atoms with Gasteiger partial charge in [0.05, 0.1) is 12.3 Å². The zero-order valence-electron chi connectivity index (χ0n) is 10.6. The molecule has 1 aliphatic heterocycles. The third kappa shape index (κ3) is 2.64. The maximum Gasteiger partial charge on any atom is 0.254 e. The number of nitrogens with zero attached hydrogens (tertiary/aromatic N) is 1. The molecule has 0 bridgehead atoms. The van der Waals surface area contributed by atoms with Crippen LogP contribution >= 0.6 is 0 Å². The molecule has 1 aliphatic rings. The van der Waals surface area contributed by atoms with E-state index in [-0.39, 0.29) is 5.91 Å². The Labute approximate surface area is 107 Å². The minimum Gasteiger partial charge on any atom is -0.492 e. The van der Waals surface area contributed by atoms with Gasteiger partial charge >= 0.3 is 0 Å². The summed E-state index contributed by atoms with van der Waals surface area (Å²) in [7, 11) is 0. The van der Waals surface area contributed by atoms with Crippen LogP contribution in [0, 0.1) is 0 Å². The Balaban J connectivity index is 2.15. The van der Waals surface area contributed by atoms with Gasteiger partial charge in [-0.05, 0) is 31.5 Å². The minimum absolute atomic E-state index is 0.0223. The lowest BCUT2D eigenvalue weighted by Gasteiger charge is -2.23. The predicted molar refractivity (Wildman–Crippen MR) is 71.7 cm³/mol. The summed E-state index contributed by atoms with van der Waals surface area (Å²) in [6.07, 6.45) is 5.02. The van der Waals surface area contributed by atoms with Crippen molar-refractivity contribution in [2.45, 2.75) is 13.3 Å². The van der Waals surface area contributed by atoms with Crippen LogP contribution in [0.15, 0.2) is 30.4 Å². The standard InChI is InChI=1S/C14H18N2O2/c1-2-18-13-7-6-11(10-12(13)15)14(17)16-8-4-3-5-9-16/h3-4,6-7,10H,2,5,8-9,15H2,1H3. The van der Waals surface area contributed by atoms with Crippen molar-refractivity contribution >= 4 is 11.6 Å². The molecule has 0 atom stereocenters. The van der Waals surface area contributed by atoms with Crippen molar-refractivity contribution in [3.63, 3.8) is 0 Å². The number of hydrogen-bond acceptors (Lipinski definition) is 3. The van der Waals surface area contributed by atoms with Crippen LogP contribution in [0.1, 0.15) is 23.7 Å². The maximum atomic E-state index is 12.2. The summed E-state index contributed by atoms with van der Waals surface area (Å²) in [6.45, 7) is 3.90. The Morgan fingerprint density at radius 3 is 2.89 bits per heavy atom. The molecule has 0 aromatic heterocycles. The first kappa shape index (κ1) is 12.5. The van der Waals surface area contributed by atoms with Gasteiger partial charge in [0, 0.05) is 18.7 Å². The van der Waals surface area contributed by atoms with E-state index in [2.05, 4.69) is 6.08 Å². The van der Waals surface area contributed by atoms with E-state index in [1.54, 1.807) is 18.2 Å². The summed E-state index contributed by atoms with van der Waals surface area (Å²) in [5.41, 5.74) is 6.99. The Morgan fingerprint density at radius 2 is 2.28 bits per heavy atom. The molecule has 0 radical (unpaired) electrons. The van der Waals surface area contributed by atoms with Crippen LogP contribution in [0.4, 0.5) is 5.69 Å². The number of benzene rings is 1. The van der Waals surface area contributed by atoms with E-state index in [4.69, 9.17) is 10.5 Å². The number of ether oxygens (including phenoxy) is 1. The Morgan fingerprint density at radius 1 is 1.44 bits per heavy atom. The first-order valence-electron chi connectivity index (χ1n) is 6.19. The summed E-state index contributed by atoms with van der Waals surface area (Å²) in [4.78, 5) is 14.0. The molecule has 0 aliphatic carbocycles. The summed E-state index contributed by atoms with van der Waals surface area (Å²) >= 11 is 0. The molecule has 0 spiro atoms. The minimum atomic E-state index is 0.0223. The van der Waals surface area contributed by atoms with Crippen LogP contribution in [0.5, 0.6) is 5.75 Å². The highest BCUT2D eigenvalue weighted by Crippen LogP contribution is 2.23. The molecule has 0 unspecified atom stereocenters. The first-order chi connectivity index (χ1) is 8.72. The molecule has 2 N–H and O–H groups in total. The molecule has 1 heterocycles. The van der Waals surface area contributed by atoms with Gasteiger partial charge in [-0.2, -0.15) is 0 Å². The molecule has 1 amide bonds. The molecule has 0 fully saturated rings. The van der Waals surface area contributed by atoms with Crippen molar-refractivity contribution < 1.29 is 9.53 Å². The van der Waals surface area contributed by atoms with Gasteiger partial charge in [-0.25, -0.2) is 0 Å². The SMILES string of the molecule is CCOc1ccc(C(=O)N2CC=CCC2)cc1N. The molecule has 18 heavy (non-hydrogen) atoms. The van der Waals surface area contributed by atoms with Crippen LogP contribution in [0.2, 0.25) is 0 Å². The fourth-order valence-corrected chi connectivity index (χ4v) is 1.98. The molecular formula is C14H18N2O2. The topological polar surface area (TPSA) is 55.6 Å². The fourth-order valence-electron chi connectivity index (χ4n) is 1.98. The average molecular weight is 246 g/mol. The third-order valence-electron chi connectivity index (χ3n) is 2.90. The van der Waals surface area contributed by atoms with Crippen molar-refractivity contribution in [2.24, 2.45) is 0 Å². The van der Waals surface area contributed by atoms with Gasteiger partial charge in [0.1, 0.15) is 5.75 Å². The summed E-state index contributed by atoms with van der Waals surface area (Å²) < 4.78 is 5.36. The average Bonchev–Trinajstić information content (AvgIpc) is 2.41. The number of amides is 1. The lowest BCUT2D eigenvalue weighted by Crippen LogP contribution is -2.33. The third-order valence-corrected chi connectivity index (χ3v) is 2.90. The second kappa shape index (κ2) is 5.58. The van der Waals surface area contributed by atoms with Crippen molar-refractivity contribution in [1.29, 1.82) is 0 Å². The van der Waals surface area contributed by atoms with Crippen molar-refractivity contribution in [2.75, 3.05) is 25.4 Å². The van der Waals surface area contributed by atoms with Gasteiger partial charge in [-0.15, -0.1) is 0 Å². The van der Waals surface area contributed by atoms with E-state index >= 15 is 0 Å². The molecule has 0 saturated heterocycles. The molecule has 2 rings (SSSR count). The van der Waals surface area contributed by atoms with Crippen LogP contribution in [0.3, 0.4) is 0 Å². The fraction of sp³-hybridized carbons (Fsp3) is 0.357. The van der Waals surface area contributed by atoms with E-state index < -0.39 is 0 Å². The highest BCUT2D eigenvalue weighted by atomic mass is 16.5. The lowest BCUT2D eigenvalue weighted by atomic mass is 10.1. The predicted octanol–water partition coefficient (Wildman–Crippen LogP) is 2.07.